The summed E-state index contributed by atoms with van der Waals surface area (Å²) in [6, 6.07) is 18.8. The van der Waals surface area contributed by atoms with Crippen LogP contribution in [0.1, 0.15) is 29.8 Å². The third kappa shape index (κ3) is 7.22. The molecule has 0 aliphatic rings. The van der Waals surface area contributed by atoms with Crippen LogP contribution in [0, 0.1) is 0 Å². The first-order valence-electron chi connectivity index (χ1n) is 9.66. The van der Waals surface area contributed by atoms with Crippen molar-refractivity contribution in [1.82, 2.24) is 10.3 Å². The minimum Gasteiger partial charge on any atom is -0.487 e. The maximum Gasteiger partial charge on any atom is 0.387 e. The topological polar surface area (TPSA) is 60.5 Å². The molecule has 31 heavy (non-hydrogen) atoms. The predicted molar refractivity (Wildman–Crippen MR) is 114 cm³/mol. The summed E-state index contributed by atoms with van der Waals surface area (Å²) in [5.41, 5.74) is 2.33. The summed E-state index contributed by atoms with van der Waals surface area (Å²) in [4.78, 5) is 16.4. The number of nitrogens with zero attached hydrogens (tertiary/aromatic N) is 1. The average Bonchev–Trinajstić information content (AvgIpc) is 2.77. The lowest BCUT2D eigenvalue weighted by Gasteiger charge is -2.14. The molecule has 1 aromatic heterocycles. The van der Waals surface area contributed by atoms with Gasteiger partial charge in [0.2, 0.25) is 5.91 Å². The number of carbonyl (C=O) groups excluding carboxylic acids is 1. The first kappa shape index (κ1) is 22.0. The maximum atomic E-state index is 12.4. The van der Waals surface area contributed by atoms with Crippen molar-refractivity contribution in [1.29, 1.82) is 0 Å². The fraction of sp³-hybridized carbons (Fsp3) is 0.167. The number of hydrogen-bond donors (Lipinski definition) is 1. The van der Waals surface area contributed by atoms with Crippen molar-refractivity contribution in [2.75, 3.05) is 0 Å². The molecule has 1 amide bonds. The van der Waals surface area contributed by atoms with Gasteiger partial charge in [0.15, 0.2) is 0 Å². The third-order valence-electron chi connectivity index (χ3n) is 4.36. The molecule has 1 N–H and O–H groups in total. The van der Waals surface area contributed by atoms with Gasteiger partial charge in [0.05, 0.1) is 11.7 Å². The Morgan fingerprint density at radius 1 is 1.06 bits per heavy atom. The van der Waals surface area contributed by atoms with E-state index in [1.807, 2.05) is 42.5 Å². The van der Waals surface area contributed by atoms with E-state index in [1.165, 1.54) is 18.2 Å². The summed E-state index contributed by atoms with van der Waals surface area (Å²) in [7, 11) is 0. The number of hydrogen-bond acceptors (Lipinski definition) is 4. The molecule has 3 aromatic rings. The highest BCUT2D eigenvalue weighted by Gasteiger charge is 2.10. The van der Waals surface area contributed by atoms with E-state index in [-0.39, 0.29) is 17.7 Å². The highest BCUT2D eigenvalue weighted by Crippen LogP contribution is 2.21. The van der Waals surface area contributed by atoms with Crippen LogP contribution in [0.5, 0.6) is 11.5 Å². The average molecular weight is 424 g/mol. The number of carbonyl (C=O) groups is 1. The third-order valence-corrected chi connectivity index (χ3v) is 4.36. The van der Waals surface area contributed by atoms with Crippen molar-refractivity contribution < 1.29 is 23.0 Å². The van der Waals surface area contributed by atoms with Gasteiger partial charge in [-0.15, -0.1) is 0 Å². The molecule has 1 atom stereocenters. The number of pyridine rings is 1. The van der Waals surface area contributed by atoms with Gasteiger partial charge in [-0.1, -0.05) is 30.3 Å². The van der Waals surface area contributed by atoms with Gasteiger partial charge >= 0.3 is 6.61 Å². The van der Waals surface area contributed by atoms with Crippen LogP contribution < -0.4 is 14.8 Å². The standard InChI is InChI=1S/C24H22F2N2O3/c1-17(19-5-4-7-22(15-19)31-24(25)26)28-23(29)13-10-18-8-11-21(12-9-18)30-16-20-6-2-3-14-27-20/h2-15,17,24H,16H2,1H3,(H,28,29)/b13-10+. The molecule has 0 saturated carbocycles. The second kappa shape index (κ2) is 10.9. The molecule has 0 bridgehead atoms. The molecule has 0 radical (unpaired) electrons. The number of ether oxygens (including phenoxy) is 2. The van der Waals surface area contributed by atoms with Crippen molar-refractivity contribution in [2.45, 2.75) is 26.2 Å². The van der Waals surface area contributed by atoms with Gasteiger partial charge in [0.25, 0.3) is 0 Å². The summed E-state index contributed by atoms with van der Waals surface area (Å²) >= 11 is 0. The number of benzene rings is 2. The number of amides is 1. The minimum absolute atomic E-state index is 0.0505. The Morgan fingerprint density at radius 2 is 1.87 bits per heavy atom. The van der Waals surface area contributed by atoms with Crippen LogP contribution in [0.15, 0.2) is 79.0 Å². The van der Waals surface area contributed by atoms with Gasteiger partial charge in [-0.3, -0.25) is 9.78 Å². The summed E-state index contributed by atoms with van der Waals surface area (Å²) in [5, 5.41) is 2.80. The Hall–Kier alpha value is -3.74. The lowest BCUT2D eigenvalue weighted by atomic mass is 10.1. The summed E-state index contributed by atoms with van der Waals surface area (Å²) < 4.78 is 34.8. The van der Waals surface area contributed by atoms with E-state index < -0.39 is 6.61 Å². The Bertz CT molecular complexity index is 1010. The highest BCUT2D eigenvalue weighted by atomic mass is 19.3. The molecular weight excluding hydrogens is 402 g/mol. The van der Waals surface area contributed by atoms with Crippen molar-refractivity contribution in [2.24, 2.45) is 0 Å². The Kier molecular flexibility index (Phi) is 7.70. The molecule has 3 rings (SSSR count). The lowest BCUT2D eigenvalue weighted by Crippen LogP contribution is -2.24. The SMILES string of the molecule is CC(NC(=O)/C=C/c1ccc(OCc2ccccn2)cc1)c1cccc(OC(F)F)c1. The monoisotopic (exact) mass is 424 g/mol. The van der Waals surface area contributed by atoms with E-state index >= 15 is 0 Å². The molecule has 0 aliphatic heterocycles. The van der Waals surface area contributed by atoms with E-state index in [2.05, 4.69) is 15.0 Å². The Labute approximate surface area is 179 Å². The summed E-state index contributed by atoms with van der Waals surface area (Å²) in [5.74, 6) is 0.449. The molecule has 2 aromatic carbocycles. The molecule has 0 fully saturated rings. The first-order chi connectivity index (χ1) is 15.0. The number of alkyl halides is 2. The number of nitrogens with one attached hydrogen (secondary N) is 1. The molecule has 0 spiro atoms. The van der Waals surface area contributed by atoms with E-state index in [0.717, 1.165) is 11.3 Å². The minimum atomic E-state index is -2.89. The second-order valence-electron chi connectivity index (χ2n) is 6.69. The van der Waals surface area contributed by atoms with Crippen molar-refractivity contribution in [3.05, 3.63) is 95.8 Å². The Balaban J connectivity index is 1.51. The normalized spacial score (nSPS) is 12.0. The zero-order valence-corrected chi connectivity index (χ0v) is 16.9. The zero-order chi connectivity index (χ0) is 22.1. The van der Waals surface area contributed by atoms with Crippen molar-refractivity contribution >= 4 is 12.0 Å². The smallest absolute Gasteiger partial charge is 0.387 e. The van der Waals surface area contributed by atoms with Crippen LogP contribution >= 0.6 is 0 Å². The molecular formula is C24H22F2N2O3. The van der Waals surface area contributed by atoms with Crippen LogP contribution in [0.3, 0.4) is 0 Å². The van der Waals surface area contributed by atoms with Gasteiger partial charge in [-0.2, -0.15) is 8.78 Å². The van der Waals surface area contributed by atoms with Gasteiger partial charge in [-0.05, 0) is 60.5 Å². The van der Waals surface area contributed by atoms with E-state index in [4.69, 9.17) is 4.74 Å². The number of aromatic nitrogens is 1. The molecule has 0 saturated heterocycles. The van der Waals surface area contributed by atoms with Crippen molar-refractivity contribution in [3.8, 4) is 11.5 Å². The molecule has 0 aliphatic carbocycles. The zero-order valence-electron chi connectivity index (χ0n) is 16.9. The highest BCUT2D eigenvalue weighted by molar-refractivity contribution is 5.92. The maximum absolute atomic E-state index is 12.4. The molecule has 5 nitrogen and oxygen atoms in total. The van der Waals surface area contributed by atoms with Crippen molar-refractivity contribution in [3.63, 3.8) is 0 Å². The lowest BCUT2D eigenvalue weighted by molar-refractivity contribution is -0.117. The van der Waals surface area contributed by atoms with E-state index in [0.29, 0.717) is 17.9 Å². The molecule has 1 heterocycles. The second-order valence-corrected chi connectivity index (χ2v) is 6.69. The first-order valence-corrected chi connectivity index (χ1v) is 9.66. The number of rotatable bonds is 9. The molecule has 160 valence electrons. The van der Waals surface area contributed by atoms with Gasteiger partial charge in [0, 0.05) is 12.3 Å². The predicted octanol–water partition coefficient (Wildman–Crippen LogP) is 5.15. The van der Waals surface area contributed by atoms with Crippen LogP contribution in [0.25, 0.3) is 6.08 Å². The van der Waals surface area contributed by atoms with E-state index in [1.54, 1.807) is 31.3 Å². The largest absolute Gasteiger partial charge is 0.487 e. The summed E-state index contributed by atoms with van der Waals surface area (Å²) in [6.07, 6.45) is 4.81. The van der Waals surface area contributed by atoms with Gasteiger partial charge < -0.3 is 14.8 Å². The van der Waals surface area contributed by atoms with Crippen LogP contribution in [-0.2, 0) is 11.4 Å². The number of halogens is 2. The van der Waals surface area contributed by atoms with Gasteiger partial charge in [-0.25, -0.2) is 0 Å². The van der Waals surface area contributed by atoms with Crippen LogP contribution in [-0.4, -0.2) is 17.5 Å². The van der Waals surface area contributed by atoms with E-state index in [9.17, 15) is 13.6 Å². The summed E-state index contributed by atoms with van der Waals surface area (Å²) in [6.45, 7) is -0.754. The fourth-order valence-electron chi connectivity index (χ4n) is 2.79. The Morgan fingerprint density at radius 3 is 2.58 bits per heavy atom. The van der Waals surface area contributed by atoms with Crippen LogP contribution in [0.4, 0.5) is 8.78 Å². The fourth-order valence-corrected chi connectivity index (χ4v) is 2.79. The molecule has 1 unspecified atom stereocenters. The van der Waals surface area contributed by atoms with Gasteiger partial charge in [0.1, 0.15) is 18.1 Å². The molecule has 7 heteroatoms. The van der Waals surface area contributed by atoms with Crippen LogP contribution in [0.2, 0.25) is 0 Å². The quantitative estimate of drug-likeness (QED) is 0.483.